The Balaban J connectivity index is 2.54. The SMILES string of the molecule is CC(C)(N)CCC(=O)Nc1ccc(F)c(Cl)c1. The smallest absolute Gasteiger partial charge is 0.224 e. The standard InChI is InChI=1S/C12H16ClFN2O/c1-12(2,15)6-5-11(17)16-8-3-4-10(14)9(13)7-8/h3-4,7H,5-6,15H2,1-2H3,(H,16,17). The molecule has 3 N–H and O–H groups in total. The lowest BCUT2D eigenvalue weighted by molar-refractivity contribution is -0.116. The molecule has 0 radical (unpaired) electrons. The van der Waals surface area contributed by atoms with Gasteiger partial charge in [-0.2, -0.15) is 0 Å². The molecule has 1 aromatic rings. The predicted octanol–water partition coefficient (Wildman–Crippen LogP) is 2.94. The molecule has 1 rings (SSSR count). The van der Waals surface area contributed by atoms with Crippen molar-refractivity contribution in [2.75, 3.05) is 5.32 Å². The molecular weight excluding hydrogens is 243 g/mol. The third-order valence-corrected chi connectivity index (χ3v) is 2.49. The number of nitrogens with one attached hydrogen (secondary N) is 1. The van der Waals surface area contributed by atoms with Crippen LogP contribution in [0, 0.1) is 5.82 Å². The second-order valence-corrected chi connectivity index (χ2v) is 5.07. The molecule has 1 aromatic carbocycles. The number of carbonyl (C=O) groups excluding carboxylic acids is 1. The third-order valence-electron chi connectivity index (χ3n) is 2.20. The maximum absolute atomic E-state index is 12.9. The molecule has 0 atom stereocenters. The van der Waals surface area contributed by atoms with Crippen LogP contribution in [0.25, 0.3) is 0 Å². The van der Waals surface area contributed by atoms with Gasteiger partial charge in [-0.15, -0.1) is 0 Å². The van der Waals surface area contributed by atoms with Crippen LogP contribution in [0.5, 0.6) is 0 Å². The van der Waals surface area contributed by atoms with Crippen molar-refractivity contribution >= 4 is 23.2 Å². The van der Waals surface area contributed by atoms with Crippen molar-refractivity contribution in [1.82, 2.24) is 0 Å². The van der Waals surface area contributed by atoms with Gasteiger partial charge in [-0.25, -0.2) is 4.39 Å². The third kappa shape index (κ3) is 5.15. The summed E-state index contributed by atoms with van der Waals surface area (Å²) in [5.74, 6) is -0.668. The Morgan fingerprint density at radius 1 is 1.53 bits per heavy atom. The van der Waals surface area contributed by atoms with Gasteiger partial charge in [0, 0.05) is 17.6 Å². The van der Waals surface area contributed by atoms with Crippen molar-refractivity contribution in [2.24, 2.45) is 5.73 Å². The predicted molar refractivity (Wildman–Crippen MR) is 67.5 cm³/mol. The second-order valence-electron chi connectivity index (χ2n) is 4.67. The Kier molecular flexibility index (Phi) is 4.48. The van der Waals surface area contributed by atoms with Gasteiger partial charge in [0.25, 0.3) is 0 Å². The van der Waals surface area contributed by atoms with Crippen LogP contribution in [0.2, 0.25) is 5.02 Å². The highest BCUT2D eigenvalue weighted by molar-refractivity contribution is 6.31. The topological polar surface area (TPSA) is 55.1 Å². The van der Waals surface area contributed by atoms with Crippen molar-refractivity contribution in [3.8, 4) is 0 Å². The zero-order chi connectivity index (χ0) is 13.1. The summed E-state index contributed by atoms with van der Waals surface area (Å²) in [6.45, 7) is 3.71. The highest BCUT2D eigenvalue weighted by atomic mass is 35.5. The molecule has 5 heteroatoms. The molecule has 17 heavy (non-hydrogen) atoms. The largest absolute Gasteiger partial charge is 0.326 e. The number of amides is 1. The van der Waals surface area contributed by atoms with Crippen molar-refractivity contribution < 1.29 is 9.18 Å². The van der Waals surface area contributed by atoms with Gasteiger partial charge in [0.2, 0.25) is 5.91 Å². The van der Waals surface area contributed by atoms with Gasteiger partial charge in [0.1, 0.15) is 5.82 Å². The lowest BCUT2D eigenvalue weighted by atomic mass is 10.00. The van der Waals surface area contributed by atoms with E-state index >= 15 is 0 Å². The number of anilines is 1. The monoisotopic (exact) mass is 258 g/mol. The first-order chi connectivity index (χ1) is 7.78. The number of carbonyl (C=O) groups is 1. The van der Waals surface area contributed by atoms with E-state index in [1.165, 1.54) is 18.2 Å². The van der Waals surface area contributed by atoms with E-state index in [0.717, 1.165) is 0 Å². The molecule has 0 heterocycles. The number of halogens is 2. The Labute approximate surface area is 105 Å². The van der Waals surface area contributed by atoms with Gasteiger partial charge in [0.05, 0.1) is 5.02 Å². The molecule has 0 aromatic heterocycles. The molecule has 0 fully saturated rings. The molecule has 94 valence electrons. The van der Waals surface area contributed by atoms with Crippen LogP contribution < -0.4 is 11.1 Å². The summed E-state index contributed by atoms with van der Waals surface area (Å²) in [6.07, 6.45) is 0.895. The summed E-state index contributed by atoms with van der Waals surface area (Å²) in [5.41, 5.74) is 5.88. The fraction of sp³-hybridized carbons (Fsp3) is 0.417. The molecule has 1 amide bonds. The lowest BCUT2D eigenvalue weighted by Crippen LogP contribution is -2.33. The average molecular weight is 259 g/mol. The van der Waals surface area contributed by atoms with E-state index in [2.05, 4.69) is 5.32 Å². The van der Waals surface area contributed by atoms with Gasteiger partial charge in [-0.05, 0) is 38.5 Å². The number of nitrogens with two attached hydrogens (primary N) is 1. The molecule has 0 aliphatic rings. The summed E-state index contributed by atoms with van der Waals surface area (Å²) in [7, 11) is 0. The zero-order valence-electron chi connectivity index (χ0n) is 9.89. The molecule has 0 unspecified atom stereocenters. The molecule has 0 saturated heterocycles. The minimum absolute atomic E-state index is 0.0121. The Morgan fingerprint density at radius 2 is 2.18 bits per heavy atom. The van der Waals surface area contributed by atoms with Crippen molar-refractivity contribution in [3.63, 3.8) is 0 Å². The van der Waals surface area contributed by atoms with Crippen LogP contribution in [0.3, 0.4) is 0 Å². The quantitative estimate of drug-likeness (QED) is 0.872. The first-order valence-electron chi connectivity index (χ1n) is 5.32. The molecule has 0 bridgehead atoms. The maximum Gasteiger partial charge on any atom is 0.224 e. The Bertz CT molecular complexity index is 415. The summed E-state index contributed by atoms with van der Waals surface area (Å²) in [6, 6.07) is 4.06. The van der Waals surface area contributed by atoms with E-state index in [-0.39, 0.29) is 16.5 Å². The first-order valence-corrected chi connectivity index (χ1v) is 5.69. The summed E-state index contributed by atoms with van der Waals surface area (Å²) < 4.78 is 12.9. The Hall–Kier alpha value is -1.13. The fourth-order valence-corrected chi connectivity index (χ4v) is 1.41. The zero-order valence-corrected chi connectivity index (χ0v) is 10.6. The normalized spacial score (nSPS) is 11.4. The van der Waals surface area contributed by atoms with Crippen molar-refractivity contribution in [3.05, 3.63) is 29.0 Å². The highest BCUT2D eigenvalue weighted by Gasteiger charge is 2.13. The second kappa shape index (κ2) is 5.47. The number of benzene rings is 1. The molecule has 3 nitrogen and oxygen atoms in total. The molecule has 0 aliphatic carbocycles. The van der Waals surface area contributed by atoms with Crippen LogP contribution in [-0.4, -0.2) is 11.4 Å². The minimum Gasteiger partial charge on any atom is -0.326 e. The van der Waals surface area contributed by atoms with Crippen molar-refractivity contribution in [1.29, 1.82) is 0 Å². The van der Waals surface area contributed by atoms with Gasteiger partial charge in [-0.1, -0.05) is 11.6 Å². The highest BCUT2D eigenvalue weighted by Crippen LogP contribution is 2.19. The van der Waals surface area contributed by atoms with Crippen LogP contribution in [-0.2, 0) is 4.79 Å². The molecular formula is C12H16ClFN2O. The Morgan fingerprint density at radius 3 is 2.71 bits per heavy atom. The summed E-state index contributed by atoms with van der Waals surface area (Å²) in [4.78, 5) is 11.6. The molecule has 0 saturated carbocycles. The molecule has 0 spiro atoms. The van der Waals surface area contributed by atoms with Crippen molar-refractivity contribution in [2.45, 2.75) is 32.2 Å². The average Bonchev–Trinajstić information content (AvgIpc) is 2.20. The van der Waals surface area contributed by atoms with Crippen LogP contribution in [0.1, 0.15) is 26.7 Å². The summed E-state index contributed by atoms with van der Waals surface area (Å²) in [5, 5.41) is 2.62. The van der Waals surface area contributed by atoms with E-state index < -0.39 is 5.82 Å². The van der Waals surface area contributed by atoms with Crippen LogP contribution in [0.15, 0.2) is 18.2 Å². The van der Waals surface area contributed by atoms with E-state index in [1.807, 2.05) is 13.8 Å². The van der Waals surface area contributed by atoms with E-state index in [0.29, 0.717) is 18.5 Å². The fourth-order valence-electron chi connectivity index (χ4n) is 1.23. The van der Waals surface area contributed by atoms with Gasteiger partial charge in [0.15, 0.2) is 0 Å². The van der Waals surface area contributed by atoms with E-state index in [9.17, 15) is 9.18 Å². The maximum atomic E-state index is 12.9. The van der Waals surface area contributed by atoms with Crippen LogP contribution in [0.4, 0.5) is 10.1 Å². The number of rotatable bonds is 4. The minimum atomic E-state index is -0.507. The lowest BCUT2D eigenvalue weighted by Gasteiger charge is -2.17. The summed E-state index contributed by atoms with van der Waals surface area (Å²) >= 11 is 5.60. The molecule has 0 aliphatic heterocycles. The van der Waals surface area contributed by atoms with E-state index in [4.69, 9.17) is 17.3 Å². The van der Waals surface area contributed by atoms with E-state index in [1.54, 1.807) is 0 Å². The first kappa shape index (κ1) is 13.9. The van der Waals surface area contributed by atoms with Crippen LogP contribution >= 0.6 is 11.6 Å². The van der Waals surface area contributed by atoms with Gasteiger partial charge < -0.3 is 11.1 Å². The number of hydrogen-bond donors (Lipinski definition) is 2. The van der Waals surface area contributed by atoms with Gasteiger partial charge >= 0.3 is 0 Å². The number of hydrogen-bond acceptors (Lipinski definition) is 2. The van der Waals surface area contributed by atoms with Gasteiger partial charge in [-0.3, -0.25) is 4.79 Å².